The minimum absolute atomic E-state index is 0.0244. The standard InChI is InChI=1S/C16H23NO2/c1-13(15(18)14-7-5-4-6-8-14)11-17-9-10-19-16(2,3)12-17/h4-8,13H,9-12H2,1-3H3. The first-order valence-corrected chi connectivity index (χ1v) is 6.93. The van der Waals surface area contributed by atoms with Crippen LogP contribution in [0.5, 0.6) is 0 Å². The van der Waals surface area contributed by atoms with Crippen LogP contribution in [-0.4, -0.2) is 42.5 Å². The Labute approximate surface area is 115 Å². The van der Waals surface area contributed by atoms with Crippen LogP contribution < -0.4 is 0 Å². The Morgan fingerprint density at radius 1 is 1.37 bits per heavy atom. The molecule has 0 spiro atoms. The molecular formula is C16H23NO2. The van der Waals surface area contributed by atoms with Gasteiger partial charge in [-0.1, -0.05) is 37.3 Å². The number of Topliss-reactive ketones (excluding diaryl/α,β-unsaturated/α-hetero) is 1. The second-order valence-corrected chi connectivity index (χ2v) is 5.97. The van der Waals surface area contributed by atoms with E-state index in [1.54, 1.807) is 0 Å². The van der Waals surface area contributed by atoms with Crippen molar-refractivity contribution in [3.05, 3.63) is 35.9 Å². The highest BCUT2D eigenvalue weighted by atomic mass is 16.5. The summed E-state index contributed by atoms with van der Waals surface area (Å²) in [6.07, 6.45) is 0. The van der Waals surface area contributed by atoms with Gasteiger partial charge < -0.3 is 4.74 Å². The molecule has 0 saturated carbocycles. The maximum absolute atomic E-state index is 12.3. The third-order valence-electron chi connectivity index (χ3n) is 3.54. The molecule has 1 aliphatic heterocycles. The van der Waals surface area contributed by atoms with Gasteiger partial charge in [-0.3, -0.25) is 9.69 Å². The van der Waals surface area contributed by atoms with E-state index in [9.17, 15) is 4.79 Å². The largest absolute Gasteiger partial charge is 0.373 e. The van der Waals surface area contributed by atoms with E-state index in [0.29, 0.717) is 0 Å². The Morgan fingerprint density at radius 2 is 2.05 bits per heavy atom. The lowest BCUT2D eigenvalue weighted by Gasteiger charge is -2.39. The maximum Gasteiger partial charge on any atom is 0.166 e. The lowest BCUT2D eigenvalue weighted by molar-refractivity contribution is -0.0876. The van der Waals surface area contributed by atoms with Crippen molar-refractivity contribution in [2.75, 3.05) is 26.2 Å². The molecule has 0 N–H and O–H groups in total. The second-order valence-electron chi connectivity index (χ2n) is 5.97. The fourth-order valence-electron chi connectivity index (χ4n) is 2.63. The van der Waals surface area contributed by atoms with Crippen molar-refractivity contribution in [1.82, 2.24) is 4.90 Å². The highest BCUT2D eigenvalue weighted by Crippen LogP contribution is 2.18. The first kappa shape index (κ1) is 14.2. The van der Waals surface area contributed by atoms with Crippen molar-refractivity contribution in [2.45, 2.75) is 26.4 Å². The zero-order valence-electron chi connectivity index (χ0n) is 12.1. The number of ether oxygens (including phenoxy) is 1. The number of ketones is 1. The molecule has 104 valence electrons. The Hall–Kier alpha value is -1.19. The molecule has 1 aromatic carbocycles. The molecule has 3 nitrogen and oxygen atoms in total. The minimum atomic E-state index is -0.103. The molecule has 1 saturated heterocycles. The van der Waals surface area contributed by atoms with Crippen molar-refractivity contribution in [2.24, 2.45) is 5.92 Å². The maximum atomic E-state index is 12.3. The molecule has 3 heteroatoms. The van der Waals surface area contributed by atoms with E-state index in [1.165, 1.54) is 0 Å². The number of nitrogens with zero attached hydrogens (tertiary/aromatic N) is 1. The normalized spacial score (nSPS) is 21.0. The van der Waals surface area contributed by atoms with E-state index in [1.807, 2.05) is 37.3 Å². The van der Waals surface area contributed by atoms with Crippen molar-refractivity contribution in [1.29, 1.82) is 0 Å². The van der Waals surface area contributed by atoms with E-state index < -0.39 is 0 Å². The topological polar surface area (TPSA) is 29.5 Å². The Bertz CT molecular complexity index is 428. The van der Waals surface area contributed by atoms with Gasteiger partial charge in [-0.2, -0.15) is 0 Å². The molecule has 0 aromatic heterocycles. The van der Waals surface area contributed by atoms with Crippen LogP contribution in [0.15, 0.2) is 30.3 Å². The lowest BCUT2D eigenvalue weighted by atomic mass is 9.98. The first-order valence-electron chi connectivity index (χ1n) is 6.93. The molecule has 0 bridgehead atoms. The molecular weight excluding hydrogens is 238 g/mol. The molecule has 2 rings (SSSR count). The Balaban J connectivity index is 1.94. The fraction of sp³-hybridized carbons (Fsp3) is 0.562. The number of rotatable bonds is 4. The minimum Gasteiger partial charge on any atom is -0.373 e. The SMILES string of the molecule is CC(CN1CCOC(C)(C)C1)C(=O)c1ccccc1. The van der Waals surface area contributed by atoms with Crippen molar-refractivity contribution < 1.29 is 9.53 Å². The van der Waals surface area contributed by atoms with E-state index >= 15 is 0 Å². The lowest BCUT2D eigenvalue weighted by Crippen LogP contribution is -2.49. The van der Waals surface area contributed by atoms with E-state index in [0.717, 1.165) is 31.8 Å². The number of carbonyl (C=O) groups is 1. The van der Waals surface area contributed by atoms with E-state index in [-0.39, 0.29) is 17.3 Å². The Kier molecular flexibility index (Phi) is 4.38. The average molecular weight is 261 g/mol. The zero-order chi connectivity index (χ0) is 13.9. The zero-order valence-corrected chi connectivity index (χ0v) is 12.1. The number of morpholine rings is 1. The predicted molar refractivity (Wildman–Crippen MR) is 76.4 cm³/mol. The smallest absolute Gasteiger partial charge is 0.166 e. The highest BCUT2D eigenvalue weighted by Gasteiger charge is 2.29. The monoisotopic (exact) mass is 261 g/mol. The van der Waals surface area contributed by atoms with Crippen molar-refractivity contribution in [3.63, 3.8) is 0 Å². The molecule has 0 amide bonds. The van der Waals surface area contributed by atoms with Gasteiger partial charge in [0.25, 0.3) is 0 Å². The Morgan fingerprint density at radius 3 is 2.68 bits per heavy atom. The van der Waals surface area contributed by atoms with Crippen molar-refractivity contribution >= 4 is 5.78 Å². The van der Waals surface area contributed by atoms with Gasteiger partial charge in [0.2, 0.25) is 0 Å². The number of hydrogen-bond donors (Lipinski definition) is 0. The summed E-state index contributed by atoms with van der Waals surface area (Å²) in [5.41, 5.74) is 0.704. The van der Waals surface area contributed by atoms with Gasteiger partial charge in [-0.25, -0.2) is 0 Å². The van der Waals surface area contributed by atoms with Gasteiger partial charge in [0, 0.05) is 31.1 Å². The van der Waals surface area contributed by atoms with E-state index in [2.05, 4.69) is 18.7 Å². The van der Waals surface area contributed by atoms with Gasteiger partial charge in [-0.15, -0.1) is 0 Å². The third kappa shape index (κ3) is 3.88. The van der Waals surface area contributed by atoms with Crippen LogP contribution in [0.2, 0.25) is 0 Å². The molecule has 0 radical (unpaired) electrons. The highest BCUT2D eigenvalue weighted by molar-refractivity contribution is 5.97. The summed E-state index contributed by atoms with van der Waals surface area (Å²) >= 11 is 0. The quantitative estimate of drug-likeness (QED) is 0.780. The summed E-state index contributed by atoms with van der Waals surface area (Å²) < 4.78 is 5.70. The molecule has 1 aromatic rings. The third-order valence-corrected chi connectivity index (χ3v) is 3.54. The van der Waals surface area contributed by atoms with Crippen molar-refractivity contribution in [3.8, 4) is 0 Å². The number of carbonyl (C=O) groups excluding carboxylic acids is 1. The molecule has 0 aliphatic carbocycles. The average Bonchev–Trinajstić information content (AvgIpc) is 2.37. The summed E-state index contributed by atoms with van der Waals surface area (Å²) in [5, 5.41) is 0. The van der Waals surface area contributed by atoms with Gasteiger partial charge in [0.05, 0.1) is 12.2 Å². The molecule has 1 aliphatic rings. The summed E-state index contributed by atoms with van der Waals surface area (Å²) in [7, 11) is 0. The van der Waals surface area contributed by atoms with Crippen LogP contribution in [0.3, 0.4) is 0 Å². The summed E-state index contributed by atoms with van der Waals surface area (Å²) in [6.45, 7) is 9.57. The molecule has 1 heterocycles. The first-order chi connectivity index (χ1) is 8.98. The van der Waals surface area contributed by atoms with Crippen LogP contribution in [-0.2, 0) is 4.74 Å². The van der Waals surface area contributed by atoms with E-state index in [4.69, 9.17) is 4.74 Å². The number of hydrogen-bond acceptors (Lipinski definition) is 3. The molecule has 1 atom stereocenters. The van der Waals surface area contributed by atoms with Gasteiger partial charge in [-0.05, 0) is 13.8 Å². The van der Waals surface area contributed by atoms with Crippen LogP contribution in [0.1, 0.15) is 31.1 Å². The van der Waals surface area contributed by atoms with Gasteiger partial charge in [0.15, 0.2) is 5.78 Å². The molecule has 1 fully saturated rings. The van der Waals surface area contributed by atoms with Crippen LogP contribution >= 0.6 is 0 Å². The van der Waals surface area contributed by atoms with Crippen LogP contribution in [0, 0.1) is 5.92 Å². The van der Waals surface area contributed by atoms with Gasteiger partial charge in [0.1, 0.15) is 0 Å². The second kappa shape index (κ2) is 5.85. The number of benzene rings is 1. The fourth-order valence-corrected chi connectivity index (χ4v) is 2.63. The van der Waals surface area contributed by atoms with Crippen LogP contribution in [0.4, 0.5) is 0 Å². The molecule has 19 heavy (non-hydrogen) atoms. The summed E-state index contributed by atoms with van der Waals surface area (Å²) in [6, 6.07) is 9.55. The summed E-state index contributed by atoms with van der Waals surface area (Å²) in [4.78, 5) is 14.7. The van der Waals surface area contributed by atoms with Gasteiger partial charge >= 0.3 is 0 Å². The summed E-state index contributed by atoms with van der Waals surface area (Å²) in [5.74, 6) is 0.251. The molecule has 1 unspecified atom stereocenters. The predicted octanol–water partition coefficient (Wildman–Crippen LogP) is 2.62. The van der Waals surface area contributed by atoms with Crippen LogP contribution in [0.25, 0.3) is 0 Å².